The number of rotatable bonds is 3. The average Bonchev–Trinajstić information content (AvgIpc) is 3.02. The molecule has 1 fully saturated rings. The van der Waals surface area contributed by atoms with Crippen LogP contribution in [-0.2, 0) is 4.79 Å². The summed E-state index contributed by atoms with van der Waals surface area (Å²) in [5, 5.41) is 7.64. The minimum Gasteiger partial charge on any atom is -0.300 e. The lowest BCUT2D eigenvalue weighted by Crippen LogP contribution is -2.43. The Morgan fingerprint density at radius 2 is 1.78 bits per heavy atom. The molecule has 0 spiro atoms. The minimum atomic E-state index is 0.165. The molecule has 0 saturated heterocycles. The molecule has 0 N–H and O–H groups in total. The Labute approximate surface area is 133 Å². The highest BCUT2D eigenvalue weighted by Gasteiger charge is 2.28. The third-order valence-corrected chi connectivity index (χ3v) is 4.28. The number of carbonyl (C=O) groups excluding carboxylic acids is 1. The van der Waals surface area contributed by atoms with Crippen molar-refractivity contribution in [1.29, 1.82) is 0 Å². The predicted molar refractivity (Wildman–Crippen MR) is 86.9 cm³/mol. The SMILES string of the molecule is O=C1CCC(N(c2ncccn2)n2ncc3ccccc32)CC1. The Hall–Kier alpha value is -2.76. The molecule has 4 rings (SSSR count). The van der Waals surface area contributed by atoms with Gasteiger partial charge >= 0.3 is 0 Å². The van der Waals surface area contributed by atoms with Gasteiger partial charge in [0.25, 0.3) is 0 Å². The molecule has 0 bridgehead atoms. The van der Waals surface area contributed by atoms with Crippen molar-refractivity contribution in [3.8, 4) is 0 Å². The first-order chi connectivity index (χ1) is 11.3. The molecule has 0 atom stereocenters. The predicted octanol–water partition coefficient (Wildman–Crippen LogP) is 2.61. The second kappa shape index (κ2) is 5.79. The molecule has 6 heteroatoms. The zero-order valence-electron chi connectivity index (χ0n) is 12.7. The molecule has 1 saturated carbocycles. The minimum absolute atomic E-state index is 0.165. The summed E-state index contributed by atoms with van der Waals surface area (Å²) >= 11 is 0. The van der Waals surface area contributed by atoms with E-state index in [9.17, 15) is 4.79 Å². The number of fused-ring (bicyclic) bond motifs is 1. The van der Waals surface area contributed by atoms with Crippen molar-refractivity contribution in [3.05, 3.63) is 48.9 Å². The van der Waals surface area contributed by atoms with Crippen molar-refractivity contribution in [2.45, 2.75) is 31.7 Å². The van der Waals surface area contributed by atoms with Crippen LogP contribution in [0, 0.1) is 0 Å². The van der Waals surface area contributed by atoms with E-state index < -0.39 is 0 Å². The van der Waals surface area contributed by atoms with Crippen molar-refractivity contribution >= 4 is 22.6 Å². The normalized spacial score (nSPS) is 15.9. The molecule has 0 amide bonds. The fourth-order valence-electron chi connectivity index (χ4n) is 3.11. The maximum atomic E-state index is 11.6. The average molecular weight is 307 g/mol. The first-order valence-electron chi connectivity index (χ1n) is 7.84. The van der Waals surface area contributed by atoms with Crippen LogP contribution in [0.2, 0.25) is 0 Å². The van der Waals surface area contributed by atoms with E-state index in [1.807, 2.05) is 40.3 Å². The van der Waals surface area contributed by atoms with Crippen LogP contribution in [-0.4, -0.2) is 31.7 Å². The number of benzene rings is 1. The lowest BCUT2D eigenvalue weighted by atomic mass is 9.94. The smallest absolute Gasteiger partial charge is 0.246 e. The van der Waals surface area contributed by atoms with Gasteiger partial charge in [-0.15, -0.1) is 0 Å². The first-order valence-corrected chi connectivity index (χ1v) is 7.84. The summed E-state index contributed by atoms with van der Waals surface area (Å²) in [6.07, 6.45) is 8.11. The van der Waals surface area contributed by atoms with Gasteiger partial charge in [-0.1, -0.05) is 18.2 Å². The van der Waals surface area contributed by atoms with E-state index in [0.29, 0.717) is 24.6 Å². The van der Waals surface area contributed by atoms with Crippen LogP contribution in [0.5, 0.6) is 0 Å². The molecule has 0 unspecified atom stereocenters. The molecule has 1 aromatic carbocycles. The standard InChI is InChI=1S/C17H17N5O/c23-15-8-6-14(7-9-15)21(17-18-10-3-11-19-17)22-16-5-2-1-4-13(16)12-20-22/h1-5,10-12,14H,6-9H2. The Morgan fingerprint density at radius 1 is 1.04 bits per heavy atom. The highest BCUT2D eigenvalue weighted by Crippen LogP contribution is 2.26. The van der Waals surface area contributed by atoms with Crippen LogP contribution in [0.4, 0.5) is 5.95 Å². The molecule has 3 aromatic rings. The molecule has 0 aliphatic heterocycles. The molecular weight excluding hydrogens is 290 g/mol. The van der Waals surface area contributed by atoms with E-state index in [2.05, 4.69) is 15.1 Å². The Balaban J connectivity index is 1.80. The molecule has 0 radical (unpaired) electrons. The number of nitrogens with zero attached hydrogens (tertiary/aromatic N) is 5. The molecule has 1 aliphatic rings. The molecule has 1 aliphatic carbocycles. The zero-order valence-corrected chi connectivity index (χ0v) is 12.7. The quantitative estimate of drug-likeness (QED) is 0.744. The number of anilines is 1. The first kappa shape index (κ1) is 13.9. The number of hydrogen-bond donors (Lipinski definition) is 0. The van der Waals surface area contributed by atoms with Crippen LogP contribution in [0.1, 0.15) is 25.7 Å². The van der Waals surface area contributed by atoms with Crippen molar-refractivity contribution in [3.63, 3.8) is 0 Å². The molecule has 2 heterocycles. The molecule has 23 heavy (non-hydrogen) atoms. The van der Waals surface area contributed by atoms with Gasteiger partial charge in [0.05, 0.1) is 17.8 Å². The fourth-order valence-corrected chi connectivity index (χ4v) is 3.11. The maximum Gasteiger partial charge on any atom is 0.246 e. The molecule has 2 aromatic heterocycles. The largest absolute Gasteiger partial charge is 0.300 e. The van der Waals surface area contributed by atoms with Gasteiger partial charge in [-0.3, -0.25) is 4.79 Å². The van der Waals surface area contributed by atoms with Gasteiger partial charge in [0.15, 0.2) is 0 Å². The second-order valence-corrected chi connectivity index (χ2v) is 5.76. The van der Waals surface area contributed by atoms with Crippen LogP contribution in [0.25, 0.3) is 10.9 Å². The third kappa shape index (κ3) is 2.56. The summed E-state index contributed by atoms with van der Waals surface area (Å²) in [5.74, 6) is 0.946. The fraction of sp³-hybridized carbons (Fsp3) is 0.294. The number of aromatic nitrogens is 4. The van der Waals surface area contributed by atoms with Crippen molar-refractivity contribution in [2.24, 2.45) is 0 Å². The summed E-state index contributed by atoms with van der Waals surface area (Å²) < 4.78 is 0. The Bertz CT molecular complexity index is 819. The number of Topliss-reactive ketones (excluding diaryl/α,β-unsaturated/α-hetero) is 1. The van der Waals surface area contributed by atoms with E-state index in [1.54, 1.807) is 18.5 Å². The van der Waals surface area contributed by atoms with E-state index in [1.165, 1.54) is 0 Å². The lowest BCUT2D eigenvalue weighted by molar-refractivity contribution is -0.120. The second-order valence-electron chi connectivity index (χ2n) is 5.76. The highest BCUT2D eigenvalue weighted by molar-refractivity contribution is 5.80. The van der Waals surface area contributed by atoms with Gasteiger partial charge in [-0.2, -0.15) is 9.89 Å². The van der Waals surface area contributed by atoms with Gasteiger partial charge in [0.1, 0.15) is 5.78 Å². The van der Waals surface area contributed by atoms with Crippen LogP contribution in [0.3, 0.4) is 0 Å². The summed E-state index contributed by atoms with van der Waals surface area (Å²) in [7, 11) is 0. The number of para-hydroxylation sites is 1. The molecule has 116 valence electrons. The third-order valence-electron chi connectivity index (χ3n) is 4.28. The van der Waals surface area contributed by atoms with Crippen LogP contribution < -0.4 is 5.01 Å². The van der Waals surface area contributed by atoms with E-state index >= 15 is 0 Å². The van der Waals surface area contributed by atoms with Gasteiger partial charge in [0, 0.05) is 30.6 Å². The summed E-state index contributed by atoms with van der Waals surface area (Å²) in [4.78, 5) is 22.3. The number of hydrogen-bond acceptors (Lipinski definition) is 5. The summed E-state index contributed by atoms with van der Waals surface area (Å²) in [5.41, 5.74) is 1.01. The highest BCUT2D eigenvalue weighted by atomic mass is 16.1. The van der Waals surface area contributed by atoms with Gasteiger partial charge in [-0.25, -0.2) is 15.0 Å². The van der Waals surface area contributed by atoms with Crippen LogP contribution in [0.15, 0.2) is 48.9 Å². The number of carbonyl (C=O) groups is 1. The van der Waals surface area contributed by atoms with E-state index in [-0.39, 0.29) is 6.04 Å². The summed E-state index contributed by atoms with van der Waals surface area (Å²) in [6.45, 7) is 0. The Kier molecular flexibility index (Phi) is 3.49. The van der Waals surface area contributed by atoms with Gasteiger partial charge in [-0.05, 0) is 25.0 Å². The molecule has 6 nitrogen and oxygen atoms in total. The van der Waals surface area contributed by atoms with Crippen molar-refractivity contribution in [1.82, 2.24) is 19.9 Å². The van der Waals surface area contributed by atoms with Crippen molar-refractivity contribution in [2.75, 3.05) is 5.01 Å². The monoisotopic (exact) mass is 307 g/mol. The topological polar surface area (TPSA) is 63.9 Å². The van der Waals surface area contributed by atoms with E-state index in [4.69, 9.17) is 0 Å². The number of ketones is 1. The maximum absolute atomic E-state index is 11.6. The Morgan fingerprint density at radius 3 is 2.57 bits per heavy atom. The van der Waals surface area contributed by atoms with Gasteiger partial charge in [0.2, 0.25) is 5.95 Å². The molecular formula is C17H17N5O. The van der Waals surface area contributed by atoms with E-state index in [0.717, 1.165) is 23.7 Å². The lowest BCUT2D eigenvalue weighted by Gasteiger charge is -2.33. The summed E-state index contributed by atoms with van der Waals surface area (Å²) in [6, 6.07) is 10.0. The van der Waals surface area contributed by atoms with Crippen LogP contribution >= 0.6 is 0 Å². The van der Waals surface area contributed by atoms with Gasteiger partial charge < -0.3 is 0 Å². The zero-order chi connectivity index (χ0) is 15.6. The van der Waals surface area contributed by atoms with Crippen molar-refractivity contribution < 1.29 is 4.79 Å².